The van der Waals surface area contributed by atoms with Gasteiger partial charge in [-0.15, -0.1) is 0 Å². The maximum absolute atomic E-state index is 4.65. The summed E-state index contributed by atoms with van der Waals surface area (Å²) >= 11 is 0. The molecule has 0 saturated carbocycles. The van der Waals surface area contributed by atoms with Crippen molar-refractivity contribution in [2.75, 3.05) is 19.6 Å². The lowest BCUT2D eigenvalue weighted by molar-refractivity contribution is 0.597. The molecule has 2 N–H and O–H groups in total. The molecule has 0 aromatic carbocycles. The number of nitrogens with zero attached hydrogens (tertiary/aromatic N) is 3. The van der Waals surface area contributed by atoms with Crippen LogP contribution in [0.3, 0.4) is 0 Å². The Morgan fingerprint density at radius 2 is 2.33 bits per heavy atom. The molecule has 0 fully saturated rings. The lowest BCUT2D eigenvalue weighted by atomic mass is 9.97. The third-order valence-corrected chi connectivity index (χ3v) is 3.62. The van der Waals surface area contributed by atoms with Crippen LogP contribution < -0.4 is 10.6 Å². The Morgan fingerprint density at radius 3 is 3.05 bits per heavy atom. The summed E-state index contributed by atoms with van der Waals surface area (Å²) in [6.45, 7) is 5.52. The Hall–Kier alpha value is -1.78. The number of guanidine groups is 1. The fourth-order valence-electron chi connectivity index (χ4n) is 2.51. The quantitative estimate of drug-likeness (QED) is 0.460. The van der Waals surface area contributed by atoms with Crippen molar-refractivity contribution < 1.29 is 0 Å². The Bertz CT molecular complexity index is 447. The first kappa shape index (κ1) is 15.6. The van der Waals surface area contributed by atoms with Crippen molar-refractivity contribution in [2.24, 2.45) is 4.99 Å². The van der Waals surface area contributed by atoms with Gasteiger partial charge in [-0.25, -0.2) is 0 Å². The Balaban J connectivity index is 1.71. The monoisotopic (exact) mass is 289 g/mol. The molecule has 116 valence electrons. The third-order valence-electron chi connectivity index (χ3n) is 3.62. The molecule has 5 nitrogen and oxygen atoms in total. The van der Waals surface area contributed by atoms with Crippen LogP contribution in [0, 0.1) is 0 Å². The summed E-state index contributed by atoms with van der Waals surface area (Å²) in [6, 6.07) is 1.94. The SMILES string of the molecule is CCNC(=NCCC1=CCCCC1)NCCn1cccn1. The summed E-state index contributed by atoms with van der Waals surface area (Å²) in [5.41, 5.74) is 1.58. The summed E-state index contributed by atoms with van der Waals surface area (Å²) in [5.74, 6) is 0.904. The first-order valence-electron chi connectivity index (χ1n) is 8.06. The zero-order chi connectivity index (χ0) is 14.8. The van der Waals surface area contributed by atoms with E-state index in [2.05, 4.69) is 33.7 Å². The predicted octanol–water partition coefficient (Wildman–Crippen LogP) is 2.33. The van der Waals surface area contributed by atoms with Crippen molar-refractivity contribution in [1.29, 1.82) is 0 Å². The molecule has 0 spiro atoms. The second-order valence-corrected chi connectivity index (χ2v) is 5.31. The molecule has 0 bridgehead atoms. The second-order valence-electron chi connectivity index (χ2n) is 5.31. The van der Waals surface area contributed by atoms with Crippen LogP contribution in [0.1, 0.15) is 39.0 Å². The maximum atomic E-state index is 4.65. The molecule has 1 aliphatic rings. The highest BCUT2D eigenvalue weighted by Crippen LogP contribution is 2.19. The molecule has 5 heteroatoms. The molecular weight excluding hydrogens is 262 g/mol. The lowest BCUT2D eigenvalue weighted by Gasteiger charge is -2.13. The van der Waals surface area contributed by atoms with Crippen LogP contribution >= 0.6 is 0 Å². The lowest BCUT2D eigenvalue weighted by Crippen LogP contribution is -2.39. The van der Waals surface area contributed by atoms with Gasteiger partial charge in [0.25, 0.3) is 0 Å². The van der Waals surface area contributed by atoms with Crippen molar-refractivity contribution in [3.8, 4) is 0 Å². The number of nitrogens with one attached hydrogen (secondary N) is 2. The van der Waals surface area contributed by atoms with Crippen LogP contribution in [-0.4, -0.2) is 35.4 Å². The molecule has 1 aromatic heterocycles. The zero-order valence-electron chi connectivity index (χ0n) is 13.0. The van der Waals surface area contributed by atoms with Gasteiger partial charge in [0.1, 0.15) is 0 Å². The van der Waals surface area contributed by atoms with Crippen LogP contribution in [0.4, 0.5) is 0 Å². The summed E-state index contributed by atoms with van der Waals surface area (Å²) in [4.78, 5) is 4.65. The van der Waals surface area contributed by atoms with E-state index in [1.165, 1.54) is 25.7 Å². The van der Waals surface area contributed by atoms with E-state index in [4.69, 9.17) is 0 Å². The van der Waals surface area contributed by atoms with Crippen molar-refractivity contribution in [1.82, 2.24) is 20.4 Å². The van der Waals surface area contributed by atoms with E-state index in [-0.39, 0.29) is 0 Å². The average molecular weight is 289 g/mol. The topological polar surface area (TPSA) is 54.2 Å². The highest BCUT2D eigenvalue weighted by Gasteiger charge is 2.03. The summed E-state index contributed by atoms with van der Waals surface area (Å²) in [5, 5.41) is 10.8. The Labute approximate surface area is 127 Å². The van der Waals surface area contributed by atoms with Crippen molar-refractivity contribution >= 4 is 5.96 Å². The van der Waals surface area contributed by atoms with E-state index in [9.17, 15) is 0 Å². The molecule has 0 radical (unpaired) electrons. The van der Waals surface area contributed by atoms with E-state index in [1.54, 1.807) is 11.8 Å². The van der Waals surface area contributed by atoms with Gasteiger partial charge in [0.2, 0.25) is 0 Å². The van der Waals surface area contributed by atoms with Gasteiger partial charge in [-0.3, -0.25) is 9.67 Å². The number of aliphatic imine (C=N–C) groups is 1. The van der Waals surface area contributed by atoms with Gasteiger partial charge in [-0.2, -0.15) is 5.10 Å². The first-order chi connectivity index (χ1) is 10.4. The van der Waals surface area contributed by atoms with E-state index in [1.807, 2.05) is 16.9 Å². The van der Waals surface area contributed by atoms with Gasteiger partial charge in [-0.1, -0.05) is 11.6 Å². The summed E-state index contributed by atoms with van der Waals surface area (Å²) in [7, 11) is 0. The predicted molar refractivity (Wildman–Crippen MR) is 87.4 cm³/mol. The minimum atomic E-state index is 0.830. The molecule has 0 aliphatic heterocycles. The molecule has 0 atom stereocenters. The molecule has 21 heavy (non-hydrogen) atoms. The number of hydrogen-bond acceptors (Lipinski definition) is 2. The van der Waals surface area contributed by atoms with Gasteiger partial charge < -0.3 is 10.6 Å². The van der Waals surface area contributed by atoms with Gasteiger partial charge in [0.05, 0.1) is 6.54 Å². The Morgan fingerprint density at radius 1 is 1.38 bits per heavy atom. The van der Waals surface area contributed by atoms with Gasteiger partial charge in [0.15, 0.2) is 5.96 Å². The zero-order valence-corrected chi connectivity index (χ0v) is 13.0. The first-order valence-corrected chi connectivity index (χ1v) is 8.06. The van der Waals surface area contributed by atoms with E-state index in [0.717, 1.165) is 38.6 Å². The van der Waals surface area contributed by atoms with Crippen molar-refractivity contribution in [2.45, 2.75) is 45.6 Å². The molecule has 0 amide bonds. The number of hydrogen-bond donors (Lipinski definition) is 2. The summed E-state index contributed by atoms with van der Waals surface area (Å²) in [6.07, 6.45) is 12.5. The van der Waals surface area contributed by atoms with Crippen LogP contribution in [0.5, 0.6) is 0 Å². The average Bonchev–Trinajstić information content (AvgIpc) is 3.02. The highest BCUT2D eigenvalue weighted by molar-refractivity contribution is 5.79. The number of rotatable bonds is 7. The molecule has 2 rings (SSSR count). The maximum Gasteiger partial charge on any atom is 0.191 e. The standard InChI is InChI=1S/C16H27N5/c1-2-17-16(19-12-14-21-13-6-10-20-21)18-11-9-15-7-4-3-5-8-15/h6-7,10,13H,2-5,8-9,11-12,14H2,1H3,(H2,17,18,19). The second kappa shape index (κ2) is 9.21. The molecular formula is C16H27N5. The van der Waals surface area contributed by atoms with E-state index >= 15 is 0 Å². The van der Waals surface area contributed by atoms with Crippen LogP contribution in [0.15, 0.2) is 35.1 Å². The molecule has 0 saturated heterocycles. The van der Waals surface area contributed by atoms with Crippen molar-refractivity contribution in [3.05, 3.63) is 30.1 Å². The Kier molecular flexibility index (Phi) is 6.84. The fourth-order valence-corrected chi connectivity index (χ4v) is 2.51. The van der Waals surface area contributed by atoms with Gasteiger partial charge in [0, 0.05) is 32.0 Å². The number of allylic oxidation sites excluding steroid dienone is 1. The van der Waals surface area contributed by atoms with Crippen LogP contribution in [-0.2, 0) is 6.54 Å². The fraction of sp³-hybridized carbons (Fsp3) is 0.625. The largest absolute Gasteiger partial charge is 0.357 e. The smallest absolute Gasteiger partial charge is 0.191 e. The molecule has 0 unspecified atom stereocenters. The van der Waals surface area contributed by atoms with E-state index in [0.29, 0.717) is 0 Å². The van der Waals surface area contributed by atoms with Crippen molar-refractivity contribution in [3.63, 3.8) is 0 Å². The third kappa shape index (κ3) is 6.02. The van der Waals surface area contributed by atoms with Gasteiger partial charge in [-0.05, 0) is 45.1 Å². The normalized spacial score (nSPS) is 15.7. The van der Waals surface area contributed by atoms with E-state index < -0.39 is 0 Å². The minimum Gasteiger partial charge on any atom is -0.357 e. The number of aromatic nitrogens is 2. The molecule has 1 aromatic rings. The van der Waals surface area contributed by atoms with Crippen LogP contribution in [0.25, 0.3) is 0 Å². The summed E-state index contributed by atoms with van der Waals surface area (Å²) < 4.78 is 1.92. The highest BCUT2D eigenvalue weighted by atomic mass is 15.3. The van der Waals surface area contributed by atoms with Gasteiger partial charge >= 0.3 is 0 Å². The molecule has 1 aliphatic carbocycles. The minimum absolute atomic E-state index is 0.830. The molecule has 1 heterocycles. The van der Waals surface area contributed by atoms with Crippen LogP contribution in [0.2, 0.25) is 0 Å².